The average molecular weight is 321 g/mol. The average Bonchev–Trinajstić information content (AvgIpc) is 2.81. The van der Waals surface area contributed by atoms with E-state index in [2.05, 4.69) is 17.0 Å². The maximum atomic E-state index is 6.06. The van der Waals surface area contributed by atoms with Crippen molar-refractivity contribution in [2.24, 2.45) is 5.10 Å². The highest BCUT2D eigenvalue weighted by Gasteiger charge is 2.04. The van der Waals surface area contributed by atoms with Gasteiger partial charge >= 0.3 is 0 Å². The van der Waals surface area contributed by atoms with E-state index in [-0.39, 0.29) is 0 Å². The predicted molar refractivity (Wildman–Crippen MR) is 90.8 cm³/mol. The third kappa shape index (κ3) is 4.49. The number of rotatable bonds is 7. The van der Waals surface area contributed by atoms with Gasteiger partial charge in [-0.2, -0.15) is 5.10 Å². The molecule has 0 aliphatic carbocycles. The van der Waals surface area contributed by atoms with Gasteiger partial charge in [0.15, 0.2) is 0 Å². The van der Waals surface area contributed by atoms with Crippen molar-refractivity contribution in [3.63, 3.8) is 0 Å². The second-order valence-electron chi connectivity index (χ2n) is 5.07. The first-order valence-corrected chi connectivity index (χ1v) is 7.76. The Balaban J connectivity index is 2.14. The summed E-state index contributed by atoms with van der Waals surface area (Å²) in [6.45, 7) is 4.71. The Morgan fingerprint density at radius 2 is 2.23 bits per heavy atom. The molecule has 0 saturated heterocycles. The summed E-state index contributed by atoms with van der Waals surface area (Å²) in [6, 6.07) is 5.49. The van der Waals surface area contributed by atoms with Gasteiger partial charge < -0.3 is 10.5 Å². The highest BCUT2D eigenvalue weighted by molar-refractivity contribution is 6.30. The minimum atomic E-state index is 0.348. The molecule has 0 aliphatic rings. The Labute approximate surface area is 135 Å². The van der Waals surface area contributed by atoms with Crippen LogP contribution in [0.1, 0.15) is 37.4 Å². The Kier molecular flexibility index (Phi) is 5.83. The number of hydrogen-bond donors (Lipinski definition) is 1. The summed E-state index contributed by atoms with van der Waals surface area (Å²) in [5.74, 6) is 1.11. The first-order chi connectivity index (χ1) is 10.6. The van der Waals surface area contributed by atoms with Crippen molar-refractivity contribution >= 4 is 23.8 Å². The van der Waals surface area contributed by atoms with E-state index in [0.29, 0.717) is 17.6 Å². The molecule has 0 bridgehead atoms. The molecule has 0 spiro atoms. The van der Waals surface area contributed by atoms with E-state index >= 15 is 0 Å². The highest BCUT2D eigenvalue weighted by atomic mass is 35.5. The number of aromatic nitrogens is 2. The molecular weight excluding hydrogens is 300 g/mol. The van der Waals surface area contributed by atoms with E-state index in [9.17, 15) is 0 Å². The summed E-state index contributed by atoms with van der Waals surface area (Å²) in [6.07, 6.45) is 6.79. The molecule has 118 valence electrons. The third-order valence-corrected chi connectivity index (χ3v) is 3.37. The van der Waals surface area contributed by atoms with Crippen LogP contribution in [0.2, 0.25) is 5.02 Å². The quantitative estimate of drug-likeness (QED) is 0.622. The lowest BCUT2D eigenvalue weighted by Gasteiger charge is -2.09. The van der Waals surface area contributed by atoms with E-state index in [1.165, 1.54) is 4.68 Å². The lowest BCUT2D eigenvalue weighted by molar-refractivity contribution is 0.306. The maximum Gasteiger partial charge on any atom is 0.221 e. The number of nitrogens with two attached hydrogens (primary N) is 1. The fraction of sp³-hybridized carbons (Fsp3) is 0.375. The van der Waals surface area contributed by atoms with Crippen LogP contribution >= 0.6 is 11.6 Å². The Hall–Kier alpha value is -2.01. The molecule has 22 heavy (non-hydrogen) atoms. The van der Waals surface area contributed by atoms with Gasteiger partial charge in [0.05, 0.1) is 24.7 Å². The van der Waals surface area contributed by atoms with Crippen LogP contribution in [-0.4, -0.2) is 22.5 Å². The summed E-state index contributed by atoms with van der Waals surface area (Å²) >= 11 is 6.06. The Bertz CT molecular complexity index is 652. The number of nitrogen functional groups attached to an aromatic ring is 1. The van der Waals surface area contributed by atoms with E-state index in [1.54, 1.807) is 12.4 Å². The van der Waals surface area contributed by atoms with Crippen molar-refractivity contribution < 1.29 is 4.74 Å². The van der Waals surface area contributed by atoms with Gasteiger partial charge in [0, 0.05) is 10.6 Å². The lowest BCUT2D eigenvalue weighted by Crippen LogP contribution is -2.01. The smallest absolute Gasteiger partial charge is 0.221 e. The Morgan fingerprint density at radius 1 is 1.41 bits per heavy atom. The number of imidazole rings is 1. The van der Waals surface area contributed by atoms with E-state index < -0.39 is 0 Å². The first kappa shape index (κ1) is 16.4. The molecule has 0 saturated carbocycles. The van der Waals surface area contributed by atoms with E-state index in [1.807, 2.05) is 25.1 Å². The number of benzene rings is 1. The van der Waals surface area contributed by atoms with Crippen molar-refractivity contribution in [1.82, 2.24) is 9.66 Å². The largest absolute Gasteiger partial charge is 0.493 e. The third-order valence-electron chi connectivity index (χ3n) is 3.13. The van der Waals surface area contributed by atoms with Crippen LogP contribution < -0.4 is 10.5 Å². The minimum Gasteiger partial charge on any atom is -0.493 e. The summed E-state index contributed by atoms with van der Waals surface area (Å²) in [5.41, 5.74) is 7.40. The summed E-state index contributed by atoms with van der Waals surface area (Å²) in [7, 11) is 0. The van der Waals surface area contributed by atoms with Crippen LogP contribution in [0.15, 0.2) is 29.5 Å². The van der Waals surface area contributed by atoms with Crippen LogP contribution in [-0.2, 0) is 0 Å². The standard InChI is InChI=1S/C16H21ClN4O/c1-3-4-5-8-22-15-7-6-14(17)9-13(15)10-19-21-11-12(2)20-16(21)18/h6-7,9-11H,3-5,8H2,1-2H3,(H2,18,20). The summed E-state index contributed by atoms with van der Waals surface area (Å²) in [4.78, 5) is 4.10. The van der Waals surface area contributed by atoms with Gasteiger partial charge in [0.1, 0.15) is 5.75 Å². The highest BCUT2D eigenvalue weighted by Crippen LogP contribution is 2.22. The molecule has 1 heterocycles. The number of ether oxygens (including phenoxy) is 1. The number of nitrogens with zero attached hydrogens (tertiary/aromatic N) is 3. The van der Waals surface area contributed by atoms with Crippen LogP contribution in [0, 0.1) is 6.92 Å². The topological polar surface area (TPSA) is 65.4 Å². The zero-order chi connectivity index (χ0) is 15.9. The van der Waals surface area contributed by atoms with Crippen LogP contribution in [0.5, 0.6) is 5.75 Å². The number of aryl methyl sites for hydroxylation is 1. The fourth-order valence-electron chi connectivity index (χ4n) is 2.01. The molecule has 5 nitrogen and oxygen atoms in total. The zero-order valence-corrected chi connectivity index (χ0v) is 13.7. The number of unbranched alkanes of at least 4 members (excludes halogenated alkanes) is 2. The van der Waals surface area contributed by atoms with Gasteiger partial charge in [-0.15, -0.1) is 0 Å². The molecule has 2 aromatic rings. The van der Waals surface area contributed by atoms with Gasteiger partial charge in [-0.05, 0) is 31.5 Å². The summed E-state index contributed by atoms with van der Waals surface area (Å²) in [5, 5.41) is 4.94. The molecule has 0 amide bonds. The zero-order valence-electron chi connectivity index (χ0n) is 12.9. The van der Waals surface area contributed by atoms with E-state index in [4.69, 9.17) is 22.1 Å². The SMILES string of the molecule is CCCCCOc1ccc(Cl)cc1C=Nn1cc(C)nc1N. The van der Waals surface area contributed by atoms with Crippen molar-refractivity contribution in [2.75, 3.05) is 12.3 Å². The fourth-order valence-corrected chi connectivity index (χ4v) is 2.19. The molecule has 0 unspecified atom stereocenters. The summed E-state index contributed by atoms with van der Waals surface area (Å²) < 4.78 is 7.34. The lowest BCUT2D eigenvalue weighted by atomic mass is 10.2. The van der Waals surface area contributed by atoms with Gasteiger partial charge in [-0.25, -0.2) is 9.66 Å². The molecule has 1 aromatic carbocycles. The molecular formula is C16H21ClN4O. The molecule has 0 fully saturated rings. The number of hydrogen-bond acceptors (Lipinski definition) is 4. The molecule has 0 aliphatic heterocycles. The Morgan fingerprint density at radius 3 is 2.91 bits per heavy atom. The monoisotopic (exact) mass is 320 g/mol. The molecule has 6 heteroatoms. The second-order valence-corrected chi connectivity index (χ2v) is 5.50. The predicted octanol–water partition coefficient (Wildman–Crippen LogP) is 3.88. The second kappa shape index (κ2) is 7.84. The maximum absolute atomic E-state index is 6.06. The van der Waals surface area contributed by atoms with Gasteiger partial charge in [-0.3, -0.25) is 0 Å². The van der Waals surface area contributed by atoms with Gasteiger partial charge in [-0.1, -0.05) is 31.4 Å². The number of anilines is 1. The van der Waals surface area contributed by atoms with Crippen molar-refractivity contribution in [1.29, 1.82) is 0 Å². The first-order valence-electron chi connectivity index (χ1n) is 7.38. The van der Waals surface area contributed by atoms with Crippen molar-refractivity contribution in [3.05, 3.63) is 40.7 Å². The van der Waals surface area contributed by atoms with Gasteiger partial charge in [0.2, 0.25) is 5.95 Å². The molecule has 2 N–H and O–H groups in total. The number of halogens is 1. The van der Waals surface area contributed by atoms with Crippen LogP contribution in [0.25, 0.3) is 0 Å². The van der Waals surface area contributed by atoms with E-state index in [0.717, 1.165) is 36.3 Å². The van der Waals surface area contributed by atoms with Crippen molar-refractivity contribution in [3.8, 4) is 5.75 Å². The van der Waals surface area contributed by atoms with Gasteiger partial charge in [0.25, 0.3) is 0 Å². The normalized spacial score (nSPS) is 11.2. The molecule has 0 radical (unpaired) electrons. The molecule has 0 atom stereocenters. The molecule has 1 aromatic heterocycles. The molecule has 2 rings (SSSR count). The van der Waals surface area contributed by atoms with Crippen LogP contribution in [0.4, 0.5) is 5.95 Å². The minimum absolute atomic E-state index is 0.348. The van der Waals surface area contributed by atoms with Crippen LogP contribution in [0.3, 0.4) is 0 Å². The van der Waals surface area contributed by atoms with Crippen molar-refractivity contribution in [2.45, 2.75) is 33.1 Å².